The molecule has 2 rings (SSSR count). The van der Waals surface area contributed by atoms with Gasteiger partial charge in [0, 0.05) is 12.7 Å². The van der Waals surface area contributed by atoms with Crippen LogP contribution in [0.3, 0.4) is 0 Å². The molecule has 0 heterocycles. The van der Waals surface area contributed by atoms with Crippen molar-refractivity contribution < 1.29 is 14.2 Å². The van der Waals surface area contributed by atoms with Crippen molar-refractivity contribution in [2.75, 3.05) is 33.5 Å². The Balaban J connectivity index is 1.90. The average molecular weight is 312 g/mol. The summed E-state index contributed by atoms with van der Waals surface area (Å²) in [6.07, 6.45) is 0. The number of rotatable bonds is 7. The average Bonchev–Trinajstić information content (AvgIpc) is 2.56. The summed E-state index contributed by atoms with van der Waals surface area (Å²) in [4.78, 5) is 0. The highest BCUT2D eigenvalue weighted by molar-refractivity contribution is 5.83. The van der Waals surface area contributed by atoms with Crippen LogP contribution in [0.5, 0.6) is 0 Å². The number of ether oxygens (including phenoxy) is 3. The Morgan fingerprint density at radius 2 is 1.65 bits per heavy atom. The lowest BCUT2D eigenvalue weighted by Gasteiger charge is -2.18. The second-order valence-corrected chi connectivity index (χ2v) is 5.78. The van der Waals surface area contributed by atoms with Crippen molar-refractivity contribution >= 4 is 10.8 Å². The Hall–Kier alpha value is -1.86. The van der Waals surface area contributed by atoms with Crippen molar-refractivity contribution in [3.63, 3.8) is 0 Å². The topological polar surface area (TPSA) is 27.7 Å². The molecule has 3 heteroatoms. The van der Waals surface area contributed by atoms with E-state index in [0.29, 0.717) is 26.4 Å². The summed E-state index contributed by atoms with van der Waals surface area (Å²) >= 11 is 0. The third-order valence-electron chi connectivity index (χ3n) is 3.38. The Morgan fingerprint density at radius 1 is 0.913 bits per heavy atom. The van der Waals surface area contributed by atoms with E-state index in [4.69, 9.17) is 14.2 Å². The van der Waals surface area contributed by atoms with E-state index in [2.05, 4.69) is 36.1 Å². The molecule has 0 bridgehead atoms. The van der Waals surface area contributed by atoms with Gasteiger partial charge in [0.05, 0.1) is 26.4 Å². The van der Waals surface area contributed by atoms with E-state index in [-0.39, 0.29) is 0 Å². The summed E-state index contributed by atoms with van der Waals surface area (Å²) in [6.45, 7) is 6.19. The zero-order chi connectivity index (χ0) is 16.5. The predicted octanol–water partition coefficient (Wildman–Crippen LogP) is 3.65. The summed E-state index contributed by atoms with van der Waals surface area (Å²) in [5.41, 5.74) is 0.493. The quantitative estimate of drug-likeness (QED) is 0.577. The zero-order valence-corrected chi connectivity index (χ0v) is 14.1. The van der Waals surface area contributed by atoms with Crippen molar-refractivity contribution in [2.24, 2.45) is 0 Å². The van der Waals surface area contributed by atoms with E-state index in [9.17, 15) is 0 Å². The highest BCUT2D eigenvalue weighted by Gasteiger charge is 2.14. The highest BCUT2D eigenvalue weighted by atomic mass is 16.5. The molecule has 0 aliphatic carbocycles. The Labute approximate surface area is 138 Å². The molecule has 0 aromatic heterocycles. The molecule has 0 amide bonds. The molecule has 0 atom stereocenters. The minimum absolute atomic E-state index is 0.504. The van der Waals surface area contributed by atoms with Crippen LogP contribution in [0, 0.1) is 11.8 Å². The minimum atomic E-state index is -0.504. The van der Waals surface area contributed by atoms with Gasteiger partial charge < -0.3 is 14.2 Å². The number of hydrogen-bond donors (Lipinski definition) is 0. The van der Waals surface area contributed by atoms with E-state index < -0.39 is 5.60 Å². The van der Waals surface area contributed by atoms with E-state index in [1.165, 1.54) is 10.8 Å². The summed E-state index contributed by atoms with van der Waals surface area (Å²) in [5, 5.41) is 2.42. The molecule has 0 spiro atoms. The lowest BCUT2D eigenvalue weighted by Crippen LogP contribution is -2.24. The minimum Gasteiger partial charge on any atom is -0.382 e. The van der Waals surface area contributed by atoms with E-state index >= 15 is 0 Å². The first-order valence-corrected chi connectivity index (χ1v) is 7.83. The first-order valence-electron chi connectivity index (χ1n) is 7.83. The molecule has 0 radical (unpaired) electrons. The summed E-state index contributed by atoms with van der Waals surface area (Å²) < 4.78 is 16.1. The second kappa shape index (κ2) is 8.69. The van der Waals surface area contributed by atoms with Gasteiger partial charge >= 0.3 is 0 Å². The molecule has 0 fully saturated rings. The molecule has 3 nitrogen and oxygen atoms in total. The number of hydrogen-bond acceptors (Lipinski definition) is 3. The van der Waals surface area contributed by atoms with E-state index in [1.54, 1.807) is 7.11 Å². The number of fused-ring (bicyclic) bond motifs is 1. The molecule has 0 aliphatic heterocycles. The van der Waals surface area contributed by atoms with Gasteiger partial charge in [-0.25, -0.2) is 0 Å². The molecule has 0 saturated carbocycles. The fourth-order valence-corrected chi connectivity index (χ4v) is 2.13. The molecule has 0 unspecified atom stereocenters. The van der Waals surface area contributed by atoms with Gasteiger partial charge in [-0.15, -0.1) is 0 Å². The molecular formula is C20H24O3. The fraction of sp³-hybridized carbons (Fsp3) is 0.400. The van der Waals surface area contributed by atoms with Gasteiger partial charge in [-0.1, -0.05) is 42.2 Å². The molecule has 23 heavy (non-hydrogen) atoms. The van der Waals surface area contributed by atoms with Crippen LogP contribution in [0.25, 0.3) is 10.8 Å². The van der Waals surface area contributed by atoms with Crippen molar-refractivity contribution in [1.82, 2.24) is 0 Å². The Bertz CT molecular complexity index is 680. The zero-order valence-electron chi connectivity index (χ0n) is 14.1. The summed E-state index contributed by atoms with van der Waals surface area (Å²) in [6, 6.07) is 14.5. The smallest absolute Gasteiger partial charge is 0.123 e. The second-order valence-electron chi connectivity index (χ2n) is 5.78. The monoisotopic (exact) mass is 312 g/mol. The van der Waals surface area contributed by atoms with Crippen molar-refractivity contribution in [1.29, 1.82) is 0 Å². The molecule has 122 valence electrons. The largest absolute Gasteiger partial charge is 0.382 e. The SMILES string of the molecule is COCCOCCOC(C)(C)C#Cc1ccc2ccccc2c1. The number of methoxy groups -OCH3 is 1. The van der Waals surface area contributed by atoms with Crippen LogP contribution in [-0.4, -0.2) is 39.1 Å². The molecule has 0 saturated heterocycles. The van der Waals surface area contributed by atoms with Gasteiger partial charge in [0.25, 0.3) is 0 Å². The number of benzene rings is 2. The van der Waals surface area contributed by atoms with Gasteiger partial charge in [0.1, 0.15) is 5.60 Å². The highest BCUT2D eigenvalue weighted by Crippen LogP contribution is 2.15. The molecular weight excluding hydrogens is 288 g/mol. The Morgan fingerprint density at radius 3 is 2.43 bits per heavy atom. The van der Waals surface area contributed by atoms with Crippen molar-refractivity contribution in [3.8, 4) is 11.8 Å². The van der Waals surface area contributed by atoms with Crippen LogP contribution in [-0.2, 0) is 14.2 Å². The Kier molecular flexibility index (Phi) is 6.61. The molecule has 0 aliphatic rings. The summed E-state index contributed by atoms with van der Waals surface area (Å²) in [7, 11) is 1.66. The standard InChI is InChI=1S/C20H24O3/c1-20(2,23-15-14-22-13-12-21-3)11-10-17-8-9-18-6-4-5-7-19(18)16-17/h4-9,16H,12-15H2,1-3H3. The maximum absolute atomic E-state index is 5.78. The summed E-state index contributed by atoms with van der Waals surface area (Å²) in [5.74, 6) is 6.39. The van der Waals surface area contributed by atoms with Gasteiger partial charge in [-0.05, 0) is 36.8 Å². The van der Waals surface area contributed by atoms with Crippen LogP contribution in [0.4, 0.5) is 0 Å². The first-order chi connectivity index (χ1) is 11.1. The normalized spacial score (nSPS) is 11.3. The van der Waals surface area contributed by atoms with Crippen LogP contribution >= 0.6 is 0 Å². The van der Waals surface area contributed by atoms with Crippen LogP contribution < -0.4 is 0 Å². The maximum atomic E-state index is 5.78. The third kappa shape index (κ3) is 6.03. The third-order valence-corrected chi connectivity index (χ3v) is 3.38. The van der Waals surface area contributed by atoms with Gasteiger partial charge in [-0.2, -0.15) is 0 Å². The van der Waals surface area contributed by atoms with Crippen molar-refractivity contribution in [3.05, 3.63) is 48.0 Å². The van der Waals surface area contributed by atoms with Crippen LogP contribution in [0.2, 0.25) is 0 Å². The van der Waals surface area contributed by atoms with Crippen molar-refractivity contribution in [2.45, 2.75) is 19.4 Å². The van der Waals surface area contributed by atoms with Gasteiger partial charge in [0.2, 0.25) is 0 Å². The lowest BCUT2D eigenvalue weighted by atomic mass is 10.1. The van der Waals surface area contributed by atoms with Gasteiger partial charge in [0.15, 0.2) is 0 Å². The van der Waals surface area contributed by atoms with E-state index in [0.717, 1.165) is 5.56 Å². The van der Waals surface area contributed by atoms with Gasteiger partial charge in [-0.3, -0.25) is 0 Å². The molecule has 2 aromatic carbocycles. The predicted molar refractivity (Wildman–Crippen MR) is 93.6 cm³/mol. The van der Waals surface area contributed by atoms with Crippen LogP contribution in [0.1, 0.15) is 19.4 Å². The maximum Gasteiger partial charge on any atom is 0.123 e. The first kappa shape index (κ1) is 17.5. The lowest BCUT2D eigenvalue weighted by molar-refractivity contribution is -0.0214. The fourth-order valence-electron chi connectivity index (χ4n) is 2.13. The molecule has 2 aromatic rings. The van der Waals surface area contributed by atoms with Crippen LogP contribution in [0.15, 0.2) is 42.5 Å². The van der Waals surface area contributed by atoms with E-state index in [1.807, 2.05) is 32.0 Å². The molecule has 0 N–H and O–H groups in total.